The van der Waals surface area contributed by atoms with E-state index in [1.165, 1.54) is 16.7 Å². The zero-order valence-electron chi connectivity index (χ0n) is 10.0. The second-order valence-corrected chi connectivity index (χ2v) is 4.34. The average molecular weight is 207 g/mol. The number of aliphatic hydroxyl groups is 1. The van der Waals surface area contributed by atoms with E-state index in [-0.39, 0.29) is 6.10 Å². The maximum absolute atomic E-state index is 9.21. The molecule has 0 aromatic heterocycles. The maximum atomic E-state index is 9.21. The number of hydrogen-bond acceptors (Lipinski definition) is 2. The predicted molar refractivity (Wildman–Crippen MR) is 64.0 cm³/mol. The number of aryl methyl sites for hydroxylation is 2. The van der Waals surface area contributed by atoms with Gasteiger partial charge >= 0.3 is 0 Å². The van der Waals surface area contributed by atoms with Crippen LogP contribution in [0.15, 0.2) is 18.2 Å². The molecule has 0 radical (unpaired) electrons. The van der Waals surface area contributed by atoms with Gasteiger partial charge in [-0.15, -0.1) is 0 Å². The highest BCUT2D eigenvalue weighted by atomic mass is 16.3. The Morgan fingerprint density at radius 1 is 1.27 bits per heavy atom. The summed E-state index contributed by atoms with van der Waals surface area (Å²) in [5.41, 5.74) is 3.89. The van der Waals surface area contributed by atoms with Crippen molar-refractivity contribution in [1.82, 2.24) is 5.32 Å². The molecule has 0 aliphatic carbocycles. The van der Waals surface area contributed by atoms with Gasteiger partial charge in [0, 0.05) is 12.6 Å². The van der Waals surface area contributed by atoms with E-state index in [1.54, 1.807) is 6.92 Å². The first-order valence-electron chi connectivity index (χ1n) is 5.49. The first-order valence-corrected chi connectivity index (χ1v) is 5.49. The number of hydrogen-bond donors (Lipinski definition) is 2. The molecule has 0 heterocycles. The molecule has 2 heteroatoms. The summed E-state index contributed by atoms with van der Waals surface area (Å²) >= 11 is 0. The third-order valence-electron chi connectivity index (χ3n) is 2.62. The molecule has 0 spiro atoms. The van der Waals surface area contributed by atoms with Gasteiger partial charge in [-0.3, -0.25) is 0 Å². The van der Waals surface area contributed by atoms with Crippen LogP contribution in [0.2, 0.25) is 0 Å². The first kappa shape index (κ1) is 12.2. The summed E-state index contributed by atoms with van der Waals surface area (Å²) in [5, 5.41) is 12.5. The van der Waals surface area contributed by atoms with Gasteiger partial charge in [0.25, 0.3) is 0 Å². The standard InChI is InChI=1S/C13H21NO/c1-9-5-6-10(2)13(7-9)12(4)14-8-11(3)15/h5-7,11-12,14-15H,8H2,1-4H3. The summed E-state index contributed by atoms with van der Waals surface area (Å²) in [6, 6.07) is 6.76. The Bertz CT molecular complexity index is 320. The van der Waals surface area contributed by atoms with E-state index in [2.05, 4.69) is 44.3 Å². The van der Waals surface area contributed by atoms with Crippen molar-refractivity contribution in [2.24, 2.45) is 0 Å². The van der Waals surface area contributed by atoms with Crippen LogP contribution in [-0.4, -0.2) is 17.8 Å². The van der Waals surface area contributed by atoms with Crippen molar-refractivity contribution >= 4 is 0 Å². The van der Waals surface area contributed by atoms with Gasteiger partial charge in [0.1, 0.15) is 0 Å². The molecule has 0 aliphatic rings. The molecule has 1 aromatic rings. The van der Waals surface area contributed by atoms with E-state index in [0.717, 1.165) is 0 Å². The summed E-state index contributed by atoms with van der Waals surface area (Å²) in [6.07, 6.45) is -0.294. The minimum Gasteiger partial charge on any atom is -0.392 e. The van der Waals surface area contributed by atoms with Gasteiger partial charge < -0.3 is 10.4 Å². The Morgan fingerprint density at radius 3 is 2.53 bits per heavy atom. The highest BCUT2D eigenvalue weighted by Gasteiger charge is 2.08. The Hall–Kier alpha value is -0.860. The molecule has 0 amide bonds. The van der Waals surface area contributed by atoms with Crippen molar-refractivity contribution in [2.75, 3.05) is 6.54 Å². The zero-order valence-corrected chi connectivity index (χ0v) is 10.0. The quantitative estimate of drug-likeness (QED) is 0.794. The first-order chi connectivity index (χ1) is 7.00. The van der Waals surface area contributed by atoms with Gasteiger partial charge in [0.05, 0.1) is 6.10 Å². The smallest absolute Gasteiger partial charge is 0.0636 e. The normalized spacial score (nSPS) is 15.0. The molecule has 2 N–H and O–H groups in total. The Balaban J connectivity index is 2.72. The number of aliphatic hydroxyl groups excluding tert-OH is 1. The van der Waals surface area contributed by atoms with Crippen molar-refractivity contribution < 1.29 is 5.11 Å². The SMILES string of the molecule is Cc1ccc(C)c(C(C)NCC(C)O)c1. The summed E-state index contributed by atoms with van der Waals surface area (Å²) < 4.78 is 0. The van der Waals surface area contributed by atoms with Crippen molar-refractivity contribution in [3.05, 3.63) is 34.9 Å². The van der Waals surface area contributed by atoms with Crippen molar-refractivity contribution in [2.45, 2.75) is 39.8 Å². The Labute approximate surface area is 92.3 Å². The monoisotopic (exact) mass is 207 g/mol. The number of nitrogens with one attached hydrogen (secondary N) is 1. The largest absolute Gasteiger partial charge is 0.392 e. The van der Waals surface area contributed by atoms with E-state index in [0.29, 0.717) is 12.6 Å². The number of benzene rings is 1. The van der Waals surface area contributed by atoms with E-state index in [9.17, 15) is 5.11 Å². The van der Waals surface area contributed by atoms with E-state index in [1.807, 2.05) is 0 Å². The zero-order chi connectivity index (χ0) is 11.4. The average Bonchev–Trinajstić information content (AvgIpc) is 2.18. The van der Waals surface area contributed by atoms with Crippen LogP contribution in [0.3, 0.4) is 0 Å². The van der Waals surface area contributed by atoms with Gasteiger partial charge in [-0.1, -0.05) is 23.8 Å². The van der Waals surface area contributed by atoms with Crippen LogP contribution in [0.1, 0.15) is 36.6 Å². The third kappa shape index (κ3) is 3.65. The van der Waals surface area contributed by atoms with Crippen LogP contribution in [-0.2, 0) is 0 Å². The fraction of sp³-hybridized carbons (Fsp3) is 0.538. The van der Waals surface area contributed by atoms with Crippen molar-refractivity contribution in [1.29, 1.82) is 0 Å². The van der Waals surface area contributed by atoms with Gasteiger partial charge in [-0.25, -0.2) is 0 Å². The molecule has 0 fully saturated rings. The molecule has 15 heavy (non-hydrogen) atoms. The predicted octanol–water partition coefficient (Wildman–Crippen LogP) is 2.33. The topological polar surface area (TPSA) is 32.3 Å². The van der Waals surface area contributed by atoms with Crippen LogP contribution in [0.25, 0.3) is 0 Å². The maximum Gasteiger partial charge on any atom is 0.0636 e. The molecule has 0 saturated heterocycles. The van der Waals surface area contributed by atoms with Crippen LogP contribution < -0.4 is 5.32 Å². The molecule has 0 bridgehead atoms. The highest BCUT2D eigenvalue weighted by molar-refractivity contribution is 5.32. The van der Waals surface area contributed by atoms with Crippen molar-refractivity contribution in [3.63, 3.8) is 0 Å². The summed E-state index contributed by atoms with van der Waals surface area (Å²) in [6.45, 7) is 8.78. The molecule has 2 nitrogen and oxygen atoms in total. The molecule has 0 saturated carbocycles. The van der Waals surface area contributed by atoms with Crippen LogP contribution in [0.4, 0.5) is 0 Å². The van der Waals surface area contributed by atoms with Crippen LogP contribution in [0.5, 0.6) is 0 Å². The van der Waals surface area contributed by atoms with E-state index >= 15 is 0 Å². The summed E-state index contributed by atoms with van der Waals surface area (Å²) in [7, 11) is 0. The summed E-state index contributed by atoms with van der Waals surface area (Å²) in [4.78, 5) is 0. The molecule has 2 atom stereocenters. The van der Waals surface area contributed by atoms with E-state index < -0.39 is 0 Å². The lowest BCUT2D eigenvalue weighted by Gasteiger charge is -2.18. The molecule has 2 unspecified atom stereocenters. The summed E-state index contributed by atoms with van der Waals surface area (Å²) in [5.74, 6) is 0. The third-order valence-corrected chi connectivity index (χ3v) is 2.62. The molecular weight excluding hydrogens is 186 g/mol. The van der Waals surface area contributed by atoms with Gasteiger partial charge in [-0.05, 0) is 38.8 Å². The fourth-order valence-corrected chi connectivity index (χ4v) is 1.68. The lowest BCUT2D eigenvalue weighted by molar-refractivity contribution is 0.187. The Kier molecular flexibility index (Phi) is 4.30. The second kappa shape index (κ2) is 5.29. The minimum absolute atomic E-state index is 0.291. The van der Waals surface area contributed by atoms with Crippen LogP contribution in [0, 0.1) is 13.8 Å². The Morgan fingerprint density at radius 2 is 1.93 bits per heavy atom. The molecule has 1 aromatic carbocycles. The minimum atomic E-state index is -0.294. The lowest BCUT2D eigenvalue weighted by atomic mass is 10.00. The van der Waals surface area contributed by atoms with E-state index in [4.69, 9.17) is 0 Å². The highest BCUT2D eigenvalue weighted by Crippen LogP contribution is 2.18. The molecule has 1 rings (SSSR count). The van der Waals surface area contributed by atoms with Gasteiger partial charge in [0.2, 0.25) is 0 Å². The molecular formula is C13H21NO. The molecule has 0 aliphatic heterocycles. The molecule has 84 valence electrons. The fourth-order valence-electron chi connectivity index (χ4n) is 1.68. The second-order valence-electron chi connectivity index (χ2n) is 4.34. The lowest BCUT2D eigenvalue weighted by Crippen LogP contribution is -2.27. The van der Waals surface area contributed by atoms with Gasteiger partial charge in [0.15, 0.2) is 0 Å². The van der Waals surface area contributed by atoms with Crippen molar-refractivity contribution in [3.8, 4) is 0 Å². The number of rotatable bonds is 4. The van der Waals surface area contributed by atoms with Gasteiger partial charge in [-0.2, -0.15) is 0 Å². The van der Waals surface area contributed by atoms with Crippen LogP contribution >= 0.6 is 0 Å².